The number of hydrogen-bond acceptors (Lipinski definition) is 4. The van der Waals surface area contributed by atoms with Gasteiger partial charge in [-0.1, -0.05) is 0 Å². The monoisotopic (exact) mass is 381 g/mol. The van der Waals surface area contributed by atoms with Crippen molar-refractivity contribution in [2.24, 2.45) is 0 Å². The van der Waals surface area contributed by atoms with Gasteiger partial charge in [-0.25, -0.2) is 4.98 Å². The summed E-state index contributed by atoms with van der Waals surface area (Å²) >= 11 is 6.89. The smallest absolute Gasteiger partial charge is 0.140 e. The van der Waals surface area contributed by atoms with Crippen LogP contribution in [-0.2, 0) is 0 Å². The van der Waals surface area contributed by atoms with E-state index in [-0.39, 0.29) is 0 Å². The van der Waals surface area contributed by atoms with Crippen molar-refractivity contribution >= 4 is 43.2 Å². The van der Waals surface area contributed by atoms with Crippen molar-refractivity contribution in [3.05, 3.63) is 45.1 Å². The molecule has 96 valence electrons. The Bertz CT molecular complexity index is 636. The van der Waals surface area contributed by atoms with Gasteiger partial charge >= 0.3 is 0 Å². The van der Waals surface area contributed by atoms with Crippen LogP contribution in [0, 0.1) is 11.3 Å². The van der Waals surface area contributed by atoms with Gasteiger partial charge in [-0.05, 0) is 50.1 Å². The number of nitriles is 1. The average Bonchev–Trinajstić information content (AvgIpc) is 2.42. The molecule has 0 unspecified atom stereocenters. The molecule has 0 spiro atoms. The second kappa shape index (κ2) is 6.04. The topological polar surface area (TPSA) is 57.9 Å². The van der Waals surface area contributed by atoms with Crippen LogP contribution >= 0.6 is 31.9 Å². The fourth-order valence-electron chi connectivity index (χ4n) is 1.47. The van der Waals surface area contributed by atoms with Crippen LogP contribution in [0.25, 0.3) is 0 Å². The Morgan fingerprint density at radius 1 is 1.26 bits per heavy atom. The fourth-order valence-corrected chi connectivity index (χ4v) is 2.73. The number of methoxy groups -OCH3 is 1. The molecule has 0 aliphatic heterocycles. The lowest BCUT2D eigenvalue weighted by Crippen LogP contribution is -1.95. The van der Waals surface area contributed by atoms with E-state index >= 15 is 0 Å². The van der Waals surface area contributed by atoms with Crippen LogP contribution in [0.1, 0.15) is 5.69 Å². The summed E-state index contributed by atoms with van der Waals surface area (Å²) in [6, 6.07) is 9.21. The van der Waals surface area contributed by atoms with Gasteiger partial charge in [0.25, 0.3) is 0 Å². The van der Waals surface area contributed by atoms with E-state index in [1.165, 1.54) is 0 Å². The maximum Gasteiger partial charge on any atom is 0.140 e. The Morgan fingerprint density at radius 3 is 2.63 bits per heavy atom. The number of halogens is 2. The molecule has 6 heteroatoms. The van der Waals surface area contributed by atoms with Gasteiger partial charge in [0.1, 0.15) is 17.5 Å². The molecule has 0 atom stereocenters. The molecule has 1 N–H and O–H groups in total. The minimum Gasteiger partial charge on any atom is -0.495 e. The number of hydrogen-bond donors (Lipinski definition) is 1. The largest absolute Gasteiger partial charge is 0.495 e. The zero-order valence-corrected chi connectivity index (χ0v) is 13.1. The second-order valence-electron chi connectivity index (χ2n) is 3.64. The third-order valence-electron chi connectivity index (χ3n) is 2.40. The normalized spacial score (nSPS) is 9.79. The molecule has 0 fully saturated rings. The van der Waals surface area contributed by atoms with Gasteiger partial charge in [0.2, 0.25) is 0 Å². The number of benzene rings is 1. The van der Waals surface area contributed by atoms with E-state index in [9.17, 15) is 0 Å². The molecular weight excluding hydrogens is 374 g/mol. The van der Waals surface area contributed by atoms with Gasteiger partial charge in [-0.15, -0.1) is 0 Å². The molecule has 0 saturated carbocycles. The Hall–Kier alpha value is -1.58. The number of aromatic nitrogens is 1. The predicted molar refractivity (Wildman–Crippen MR) is 80.6 cm³/mol. The molecule has 1 aromatic carbocycles. The zero-order valence-electron chi connectivity index (χ0n) is 9.95. The maximum absolute atomic E-state index is 8.70. The molecular formula is C13H9Br2N3O. The van der Waals surface area contributed by atoms with Gasteiger partial charge in [0.15, 0.2) is 0 Å². The van der Waals surface area contributed by atoms with E-state index in [4.69, 9.17) is 10.00 Å². The fraction of sp³-hybridized carbons (Fsp3) is 0.0769. The number of rotatable bonds is 3. The van der Waals surface area contributed by atoms with Crippen molar-refractivity contribution in [2.75, 3.05) is 12.4 Å². The summed E-state index contributed by atoms with van der Waals surface area (Å²) in [6.07, 6.45) is 1.61. The number of ether oxygens (including phenoxy) is 1. The highest BCUT2D eigenvalue weighted by molar-refractivity contribution is 9.11. The first-order valence-electron chi connectivity index (χ1n) is 5.30. The van der Waals surface area contributed by atoms with E-state index in [1.54, 1.807) is 25.4 Å². The van der Waals surface area contributed by atoms with Crippen LogP contribution in [0.3, 0.4) is 0 Å². The molecule has 2 rings (SSSR count). The van der Waals surface area contributed by atoms with E-state index in [0.717, 1.165) is 26.1 Å². The van der Waals surface area contributed by atoms with Crippen LogP contribution in [-0.4, -0.2) is 12.1 Å². The molecule has 0 aliphatic rings. The van der Waals surface area contributed by atoms with Crippen LogP contribution in [0.5, 0.6) is 5.75 Å². The molecule has 1 heterocycles. The van der Waals surface area contributed by atoms with Crippen molar-refractivity contribution < 1.29 is 4.74 Å². The van der Waals surface area contributed by atoms with Gasteiger partial charge in [0, 0.05) is 10.5 Å². The summed E-state index contributed by atoms with van der Waals surface area (Å²) in [5.74, 6) is 0.729. The third-order valence-corrected chi connectivity index (χ3v) is 3.67. The summed E-state index contributed by atoms with van der Waals surface area (Å²) in [7, 11) is 1.61. The van der Waals surface area contributed by atoms with Crippen LogP contribution in [0.4, 0.5) is 11.4 Å². The van der Waals surface area contributed by atoms with Gasteiger partial charge in [0.05, 0.1) is 29.2 Å². The number of nitrogens with one attached hydrogen (secondary N) is 1. The molecule has 0 aliphatic carbocycles. The lowest BCUT2D eigenvalue weighted by Gasteiger charge is -2.11. The molecule has 0 radical (unpaired) electrons. The molecule has 0 bridgehead atoms. The highest BCUT2D eigenvalue weighted by atomic mass is 79.9. The van der Waals surface area contributed by atoms with Crippen molar-refractivity contribution in [3.63, 3.8) is 0 Å². The quantitative estimate of drug-likeness (QED) is 0.862. The molecule has 19 heavy (non-hydrogen) atoms. The Balaban J connectivity index is 2.29. The molecule has 0 amide bonds. The summed E-state index contributed by atoms with van der Waals surface area (Å²) in [4.78, 5) is 4.00. The molecule has 2 aromatic rings. The van der Waals surface area contributed by atoms with Crippen molar-refractivity contribution in [1.82, 2.24) is 4.98 Å². The van der Waals surface area contributed by atoms with Crippen molar-refractivity contribution in [1.29, 1.82) is 5.26 Å². The first kappa shape index (κ1) is 13.8. The molecule has 4 nitrogen and oxygen atoms in total. The first-order valence-corrected chi connectivity index (χ1v) is 6.89. The Kier molecular flexibility index (Phi) is 4.40. The van der Waals surface area contributed by atoms with E-state index < -0.39 is 0 Å². The third kappa shape index (κ3) is 3.25. The lowest BCUT2D eigenvalue weighted by molar-refractivity contribution is 0.412. The van der Waals surface area contributed by atoms with E-state index in [2.05, 4.69) is 42.2 Å². The summed E-state index contributed by atoms with van der Waals surface area (Å²) < 4.78 is 7.01. The SMILES string of the molecule is COc1cc(Nc2ccc(C#N)nc2)c(Br)cc1Br. The summed E-state index contributed by atoms with van der Waals surface area (Å²) in [5.41, 5.74) is 2.04. The van der Waals surface area contributed by atoms with Crippen LogP contribution in [0.15, 0.2) is 39.4 Å². The van der Waals surface area contributed by atoms with Crippen LogP contribution in [0.2, 0.25) is 0 Å². The summed E-state index contributed by atoms with van der Waals surface area (Å²) in [5, 5.41) is 11.9. The van der Waals surface area contributed by atoms with Crippen LogP contribution < -0.4 is 10.1 Å². The summed E-state index contributed by atoms with van der Waals surface area (Å²) in [6.45, 7) is 0. The highest BCUT2D eigenvalue weighted by Crippen LogP contribution is 2.35. The number of anilines is 2. The Labute approximate surface area is 127 Å². The predicted octanol–water partition coefficient (Wildman–Crippen LogP) is 4.23. The maximum atomic E-state index is 8.70. The second-order valence-corrected chi connectivity index (χ2v) is 5.34. The highest BCUT2D eigenvalue weighted by Gasteiger charge is 2.07. The molecule has 1 aromatic heterocycles. The zero-order chi connectivity index (χ0) is 13.8. The minimum atomic E-state index is 0.387. The molecule has 0 saturated heterocycles. The number of nitrogens with zero attached hydrogens (tertiary/aromatic N) is 2. The number of pyridine rings is 1. The van der Waals surface area contributed by atoms with Crippen molar-refractivity contribution in [2.45, 2.75) is 0 Å². The minimum absolute atomic E-state index is 0.387. The lowest BCUT2D eigenvalue weighted by atomic mass is 10.2. The van der Waals surface area contributed by atoms with Gasteiger partial charge < -0.3 is 10.1 Å². The van der Waals surface area contributed by atoms with Crippen molar-refractivity contribution in [3.8, 4) is 11.8 Å². The first-order chi connectivity index (χ1) is 9.13. The Morgan fingerprint density at radius 2 is 2.05 bits per heavy atom. The van der Waals surface area contributed by atoms with E-state index in [0.29, 0.717) is 5.69 Å². The van der Waals surface area contributed by atoms with Gasteiger partial charge in [-0.3, -0.25) is 0 Å². The van der Waals surface area contributed by atoms with E-state index in [1.807, 2.05) is 18.2 Å². The average molecular weight is 383 g/mol. The standard InChI is InChI=1S/C13H9Br2N3O/c1-19-13-5-12(10(14)4-11(13)15)18-9-3-2-8(6-16)17-7-9/h2-5,7,18H,1H3. The van der Waals surface area contributed by atoms with Gasteiger partial charge in [-0.2, -0.15) is 5.26 Å².